The van der Waals surface area contributed by atoms with Gasteiger partial charge in [0.25, 0.3) is 0 Å². The number of aromatic hydroxyl groups is 2. The molecule has 2 aromatic rings. The van der Waals surface area contributed by atoms with E-state index in [0.29, 0.717) is 11.1 Å². The summed E-state index contributed by atoms with van der Waals surface area (Å²) in [5, 5.41) is 19.1. The van der Waals surface area contributed by atoms with Gasteiger partial charge in [0.15, 0.2) is 5.78 Å². The van der Waals surface area contributed by atoms with Gasteiger partial charge < -0.3 is 10.2 Å². The number of phenols is 2. The van der Waals surface area contributed by atoms with Gasteiger partial charge in [0.05, 0.1) is 0 Å². The Morgan fingerprint density at radius 1 is 0.897 bits per heavy atom. The number of benzene rings is 2. The molecule has 0 aromatic heterocycles. The largest absolute Gasteiger partial charge is 0.508 e. The first-order valence-electron chi connectivity index (χ1n) is 10.6. The van der Waals surface area contributed by atoms with Crippen molar-refractivity contribution in [3.05, 3.63) is 59.7 Å². The van der Waals surface area contributed by atoms with E-state index in [4.69, 9.17) is 0 Å². The van der Waals surface area contributed by atoms with E-state index >= 15 is 0 Å². The Hall–Kier alpha value is -2.20. The van der Waals surface area contributed by atoms with Gasteiger partial charge in [0, 0.05) is 22.1 Å². The molecule has 0 fully saturated rings. The van der Waals surface area contributed by atoms with E-state index in [1.165, 1.54) is 74.5 Å². The van der Waals surface area contributed by atoms with Gasteiger partial charge >= 0.3 is 0 Å². The Labute approximate surface area is 178 Å². The van der Waals surface area contributed by atoms with Crippen molar-refractivity contribution >= 4 is 23.6 Å². The first-order chi connectivity index (χ1) is 14.1. The van der Waals surface area contributed by atoms with Crippen molar-refractivity contribution in [1.82, 2.24) is 0 Å². The lowest BCUT2D eigenvalue weighted by atomic mass is 10.1. The SMILES string of the molecule is CCCCCCCCCCSc1ccc(C(=O)/C=C/c2ccc(O)cc2O)cc1. The van der Waals surface area contributed by atoms with Gasteiger partial charge in [-0.2, -0.15) is 0 Å². The van der Waals surface area contributed by atoms with Crippen LogP contribution in [0.5, 0.6) is 11.5 Å². The maximum Gasteiger partial charge on any atom is 0.185 e. The van der Waals surface area contributed by atoms with Crippen LogP contribution in [0.15, 0.2) is 53.4 Å². The van der Waals surface area contributed by atoms with Crippen molar-refractivity contribution in [3.63, 3.8) is 0 Å². The van der Waals surface area contributed by atoms with Gasteiger partial charge in [-0.05, 0) is 60.7 Å². The first-order valence-corrected chi connectivity index (χ1v) is 11.6. The minimum absolute atomic E-state index is 0.00830. The predicted molar refractivity (Wildman–Crippen MR) is 123 cm³/mol. The maximum atomic E-state index is 12.3. The van der Waals surface area contributed by atoms with Crippen molar-refractivity contribution < 1.29 is 15.0 Å². The molecule has 0 amide bonds. The van der Waals surface area contributed by atoms with Crippen LogP contribution in [-0.4, -0.2) is 21.7 Å². The average molecular weight is 413 g/mol. The zero-order chi connectivity index (χ0) is 20.9. The summed E-state index contributed by atoms with van der Waals surface area (Å²) in [6, 6.07) is 12.0. The maximum absolute atomic E-state index is 12.3. The third kappa shape index (κ3) is 8.78. The van der Waals surface area contributed by atoms with Crippen LogP contribution in [0.25, 0.3) is 6.08 Å². The lowest BCUT2D eigenvalue weighted by molar-refractivity contribution is 0.104. The summed E-state index contributed by atoms with van der Waals surface area (Å²) in [4.78, 5) is 13.5. The van der Waals surface area contributed by atoms with Crippen molar-refractivity contribution in [2.24, 2.45) is 0 Å². The molecule has 0 heterocycles. The number of unbranched alkanes of at least 4 members (excludes halogenated alkanes) is 7. The highest BCUT2D eigenvalue weighted by atomic mass is 32.2. The Bertz CT molecular complexity index is 781. The molecule has 0 atom stereocenters. The summed E-state index contributed by atoms with van der Waals surface area (Å²) in [7, 11) is 0. The van der Waals surface area contributed by atoms with E-state index in [1.807, 2.05) is 36.0 Å². The molecule has 0 radical (unpaired) electrons. The highest BCUT2D eigenvalue weighted by molar-refractivity contribution is 7.99. The second-order valence-corrected chi connectivity index (χ2v) is 8.46. The number of phenolic OH excluding ortho intramolecular Hbond substituents is 2. The highest BCUT2D eigenvalue weighted by Crippen LogP contribution is 2.24. The number of hydrogen-bond donors (Lipinski definition) is 2. The third-order valence-corrected chi connectivity index (χ3v) is 5.93. The van der Waals surface area contributed by atoms with E-state index in [0.717, 1.165) is 5.75 Å². The highest BCUT2D eigenvalue weighted by Gasteiger charge is 2.04. The zero-order valence-electron chi connectivity index (χ0n) is 17.3. The second kappa shape index (κ2) is 13.1. The van der Waals surface area contributed by atoms with E-state index in [2.05, 4.69) is 6.92 Å². The van der Waals surface area contributed by atoms with Crippen molar-refractivity contribution in [2.75, 3.05) is 5.75 Å². The van der Waals surface area contributed by atoms with Crippen LogP contribution in [0.4, 0.5) is 0 Å². The molecule has 3 nitrogen and oxygen atoms in total. The lowest BCUT2D eigenvalue weighted by Gasteiger charge is -2.04. The van der Waals surface area contributed by atoms with Gasteiger partial charge in [-0.1, -0.05) is 51.9 Å². The molecule has 29 heavy (non-hydrogen) atoms. The normalized spacial score (nSPS) is 11.2. The molecule has 156 valence electrons. The molecule has 0 bridgehead atoms. The first kappa shape index (κ1) is 23.1. The molecule has 0 aliphatic carbocycles. The van der Waals surface area contributed by atoms with Gasteiger partial charge in [-0.15, -0.1) is 11.8 Å². The zero-order valence-corrected chi connectivity index (χ0v) is 18.1. The van der Waals surface area contributed by atoms with Crippen molar-refractivity contribution in [3.8, 4) is 11.5 Å². The quantitative estimate of drug-likeness (QED) is 0.158. The van der Waals surface area contributed by atoms with Crippen LogP contribution >= 0.6 is 11.8 Å². The van der Waals surface area contributed by atoms with Crippen LogP contribution in [-0.2, 0) is 0 Å². The number of rotatable bonds is 13. The van der Waals surface area contributed by atoms with E-state index < -0.39 is 0 Å². The fourth-order valence-corrected chi connectivity index (χ4v) is 3.99. The number of thioether (sulfide) groups is 1. The molecule has 0 aliphatic heterocycles. The number of carbonyl (C=O) groups excluding carboxylic acids is 1. The smallest absolute Gasteiger partial charge is 0.185 e. The second-order valence-electron chi connectivity index (χ2n) is 7.29. The molecule has 2 aromatic carbocycles. The molecule has 4 heteroatoms. The average Bonchev–Trinajstić information content (AvgIpc) is 2.72. The number of ketones is 1. The van der Waals surface area contributed by atoms with Gasteiger partial charge in [0.2, 0.25) is 0 Å². The summed E-state index contributed by atoms with van der Waals surface area (Å²) in [5.41, 5.74) is 1.12. The lowest BCUT2D eigenvalue weighted by Crippen LogP contribution is -1.93. The summed E-state index contributed by atoms with van der Waals surface area (Å²) < 4.78 is 0. The third-order valence-electron chi connectivity index (χ3n) is 4.83. The van der Waals surface area contributed by atoms with Crippen LogP contribution < -0.4 is 0 Å². The van der Waals surface area contributed by atoms with E-state index in [9.17, 15) is 15.0 Å². The predicted octanol–water partition coefficient (Wildman–Crippen LogP) is 7.23. The molecule has 0 unspecified atom stereocenters. The topological polar surface area (TPSA) is 57.5 Å². The molecule has 2 rings (SSSR count). The minimum atomic E-state index is -0.114. The summed E-state index contributed by atoms with van der Waals surface area (Å²) >= 11 is 1.84. The summed E-state index contributed by atoms with van der Waals surface area (Å²) in [6.45, 7) is 2.25. The Kier molecular flexibility index (Phi) is 10.4. The Morgan fingerprint density at radius 2 is 1.55 bits per heavy atom. The summed E-state index contributed by atoms with van der Waals surface area (Å²) in [5.74, 6) is 0.937. The fourth-order valence-electron chi connectivity index (χ4n) is 3.08. The number of hydrogen-bond acceptors (Lipinski definition) is 4. The van der Waals surface area contributed by atoms with Crippen molar-refractivity contribution in [1.29, 1.82) is 0 Å². The monoisotopic (exact) mass is 412 g/mol. The van der Waals surface area contributed by atoms with Crippen LogP contribution in [0.3, 0.4) is 0 Å². The Morgan fingerprint density at radius 3 is 2.21 bits per heavy atom. The molecular weight excluding hydrogens is 380 g/mol. The van der Waals surface area contributed by atoms with Gasteiger partial charge in [-0.25, -0.2) is 0 Å². The van der Waals surface area contributed by atoms with Crippen LogP contribution in [0.1, 0.15) is 74.2 Å². The molecule has 0 saturated carbocycles. The van der Waals surface area contributed by atoms with Crippen LogP contribution in [0.2, 0.25) is 0 Å². The number of carbonyl (C=O) groups is 1. The molecule has 0 aliphatic rings. The molecule has 0 saturated heterocycles. The fraction of sp³-hybridized carbons (Fsp3) is 0.400. The van der Waals surface area contributed by atoms with Gasteiger partial charge in [-0.3, -0.25) is 4.79 Å². The minimum Gasteiger partial charge on any atom is -0.508 e. The van der Waals surface area contributed by atoms with E-state index in [1.54, 1.807) is 12.1 Å². The summed E-state index contributed by atoms with van der Waals surface area (Å²) in [6.07, 6.45) is 13.6. The number of allylic oxidation sites excluding steroid dienone is 1. The Balaban J connectivity index is 1.71. The van der Waals surface area contributed by atoms with Gasteiger partial charge in [0.1, 0.15) is 11.5 Å². The van der Waals surface area contributed by atoms with Crippen LogP contribution in [0, 0.1) is 0 Å². The molecular formula is C25H32O3S. The van der Waals surface area contributed by atoms with E-state index in [-0.39, 0.29) is 17.3 Å². The molecule has 2 N–H and O–H groups in total. The standard InChI is InChI=1S/C25H32O3S/c1-2-3-4-5-6-7-8-9-18-29-23-15-11-20(12-16-23)24(27)17-13-21-10-14-22(26)19-25(21)28/h10-17,19,26,28H,2-9,18H2,1H3/b17-13+. The van der Waals surface area contributed by atoms with Crippen molar-refractivity contribution in [2.45, 2.75) is 63.2 Å². The molecule has 0 spiro atoms.